The highest BCUT2D eigenvalue weighted by atomic mass is 35.5. The van der Waals surface area contributed by atoms with Gasteiger partial charge in [-0.25, -0.2) is 9.97 Å². The molecule has 0 spiro atoms. The SMILES string of the molecule is Clc1ccc(Cn2cnc(-c3ccccc3)c2-c2ccsc2)cn1. The molecule has 4 aromatic rings. The number of thiophene rings is 1. The molecular weight excluding hydrogens is 338 g/mol. The fraction of sp³-hybridized carbons (Fsp3) is 0.0526. The summed E-state index contributed by atoms with van der Waals surface area (Å²) in [4.78, 5) is 8.84. The molecule has 0 bridgehead atoms. The van der Waals surface area contributed by atoms with Gasteiger partial charge in [0, 0.05) is 22.7 Å². The van der Waals surface area contributed by atoms with E-state index in [0.29, 0.717) is 11.7 Å². The Bertz CT molecular complexity index is 929. The van der Waals surface area contributed by atoms with E-state index in [1.165, 1.54) is 5.56 Å². The summed E-state index contributed by atoms with van der Waals surface area (Å²) in [5, 5.41) is 4.75. The first-order chi connectivity index (χ1) is 11.8. The number of rotatable bonds is 4. The van der Waals surface area contributed by atoms with Crippen molar-refractivity contribution in [2.24, 2.45) is 0 Å². The third kappa shape index (κ3) is 2.98. The molecule has 3 heterocycles. The Hall–Kier alpha value is -2.43. The van der Waals surface area contributed by atoms with Gasteiger partial charge < -0.3 is 4.57 Å². The number of imidazole rings is 1. The lowest BCUT2D eigenvalue weighted by atomic mass is 10.1. The van der Waals surface area contributed by atoms with Crippen molar-refractivity contribution in [2.75, 3.05) is 0 Å². The zero-order chi connectivity index (χ0) is 16.4. The molecule has 0 saturated carbocycles. The molecule has 4 rings (SSSR count). The van der Waals surface area contributed by atoms with E-state index in [2.05, 4.69) is 43.5 Å². The molecule has 0 fully saturated rings. The Balaban J connectivity index is 1.80. The zero-order valence-corrected chi connectivity index (χ0v) is 14.3. The molecule has 0 aliphatic rings. The minimum atomic E-state index is 0.507. The molecule has 0 amide bonds. The molecule has 0 N–H and O–H groups in total. The van der Waals surface area contributed by atoms with E-state index in [9.17, 15) is 0 Å². The maximum atomic E-state index is 5.88. The largest absolute Gasteiger partial charge is 0.325 e. The van der Waals surface area contributed by atoms with E-state index in [4.69, 9.17) is 11.6 Å². The zero-order valence-electron chi connectivity index (χ0n) is 12.8. The number of aromatic nitrogens is 3. The number of nitrogens with zero attached hydrogens (tertiary/aromatic N) is 3. The molecule has 0 radical (unpaired) electrons. The van der Waals surface area contributed by atoms with Gasteiger partial charge in [-0.2, -0.15) is 11.3 Å². The molecule has 24 heavy (non-hydrogen) atoms. The van der Waals surface area contributed by atoms with Crippen molar-refractivity contribution in [1.82, 2.24) is 14.5 Å². The van der Waals surface area contributed by atoms with Crippen LogP contribution < -0.4 is 0 Å². The number of halogens is 1. The van der Waals surface area contributed by atoms with Crippen LogP contribution in [0.15, 0.2) is 71.8 Å². The topological polar surface area (TPSA) is 30.7 Å². The van der Waals surface area contributed by atoms with Gasteiger partial charge in [-0.15, -0.1) is 0 Å². The molecule has 0 saturated heterocycles. The number of benzene rings is 1. The third-order valence-electron chi connectivity index (χ3n) is 3.82. The van der Waals surface area contributed by atoms with Crippen LogP contribution in [0.5, 0.6) is 0 Å². The Morgan fingerprint density at radius 2 is 1.83 bits per heavy atom. The van der Waals surface area contributed by atoms with Crippen LogP contribution in [0.1, 0.15) is 5.56 Å². The van der Waals surface area contributed by atoms with Crippen molar-refractivity contribution in [3.8, 4) is 22.5 Å². The lowest BCUT2D eigenvalue weighted by molar-refractivity contribution is 0.801. The molecule has 1 aromatic carbocycles. The van der Waals surface area contributed by atoms with Crippen molar-refractivity contribution in [1.29, 1.82) is 0 Å². The van der Waals surface area contributed by atoms with Gasteiger partial charge in [-0.1, -0.05) is 48.0 Å². The molecule has 118 valence electrons. The quantitative estimate of drug-likeness (QED) is 0.462. The summed E-state index contributed by atoms with van der Waals surface area (Å²) in [7, 11) is 0. The fourth-order valence-electron chi connectivity index (χ4n) is 2.71. The molecule has 0 unspecified atom stereocenters. The van der Waals surface area contributed by atoms with E-state index in [1.807, 2.05) is 42.9 Å². The highest BCUT2D eigenvalue weighted by Gasteiger charge is 2.15. The van der Waals surface area contributed by atoms with Crippen LogP contribution >= 0.6 is 22.9 Å². The smallest absolute Gasteiger partial charge is 0.129 e. The van der Waals surface area contributed by atoms with Crippen molar-refractivity contribution in [2.45, 2.75) is 6.54 Å². The second-order valence-electron chi connectivity index (χ2n) is 5.44. The van der Waals surface area contributed by atoms with Gasteiger partial charge in [0.25, 0.3) is 0 Å². The van der Waals surface area contributed by atoms with Gasteiger partial charge in [-0.3, -0.25) is 0 Å². The Morgan fingerprint density at radius 1 is 0.958 bits per heavy atom. The monoisotopic (exact) mass is 351 g/mol. The average molecular weight is 352 g/mol. The lowest BCUT2D eigenvalue weighted by Crippen LogP contribution is -2.01. The molecule has 0 aliphatic carbocycles. The predicted octanol–water partition coefficient (Wildman–Crippen LogP) is 5.38. The van der Waals surface area contributed by atoms with E-state index >= 15 is 0 Å². The Morgan fingerprint density at radius 3 is 2.54 bits per heavy atom. The van der Waals surface area contributed by atoms with Crippen LogP contribution in [0.4, 0.5) is 0 Å². The highest BCUT2D eigenvalue weighted by Crippen LogP contribution is 2.32. The van der Waals surface area contributed by atoms with Gasteiger partial charge in [0.05, 0.1) is 24.3 Å². The van der Waals surface area contributed by atoms with Gasteiger partial charge in [-0.05, 0) is 23.1 Å². The summed E-state index contributed by atoms with van der Waals surface area (Å²) >= 11 is 7.57. The Kier molecular flexibility index (Phi) is 4.15. The molecule has 3 nitrogen and oxygen atoms in total. The van der Waals surface area contributed by atoms with E-state index in [-0.39, 0.29) is 0 Å². The fourth-order valence-corrected chi connectivity index (χ4v) is 3.46. The number of pyridine rings is 1. The van der Waals surface area contributed by atoms with Gasteiger partial charge in [0.1, 0.15) is 5.15 Å². The van der Waals surface area contributed by atoms with Crippen LogP contribution in [0, 0.1) is 0 Å². The molecule has 3 aromatic heterocycles. The summed E-state index contributed by atoms with van der Waals surface area (Å²) in [5.41, 5.74) is 5.51. The molecule has 0 atom stereocenters. The maximum absolute atomic E-state index is 5.88. The summed E-state index contributed by atoms with van der Waals surface area (Å²) in [6.07, 6.45) is 3.70. The second-order valence-corrected chi connectivity index (χ2v) is 6.60. The lowest BCUT2D eigenvalue weighted by Gasteiger charge is -2.09. The van der Waals surface area contributed by atoms with E-state index < -0.39 is 0 Å². The van der Waals surface area contributed by atoms with Gasteiger partial charge >= 0.3 is 0 Å². The van der Waals surface area contributed by atoms with Crippen molar-refractivity contribution in [3.05, 3.63) is 82.5 Å². The summed E-state index contributed by atoms with van der Waals surface area (Å²) in [6, 6.07) is 16.2. The Labute approximate surface area is 149 Å². The molecule has 5 heteroatoms. The van der Waals surface area contributed by atoms with Crippen molar-refractivity contribution >= 4 is 22.9 Å². The first kappa shape index (κ1) is 15.1. The maximum Gasteiger partial charge on any atom is 0.129 e. The van der Waals surface area contributed by atoms with Crippen LogP contribution in [0.25, 0.3) is 22.5 Å². The summed E-state index contributed by atoms with van der Waals surface area (Å²) in [6.45, 7) is 0.704. The van der Waals surface area contributed by atoms with Crippen molar-refractivity contribution in [3.63, 3.8) is 0 Å². The second kappa shape index (κ2) is 6.59. The highest BCUT2D eigenvalue weighted by molar-refractivity contribution is 7.08. The standard InChI is InChI=1S/C19H14ClN3S/c20-17-7-6-14(10-21-17)11-23-13-22-18(15-4-2-1-3-5-15)19(23)16-8-9-24-12-16/h1-10,12-13H,11H2. The molecule has 0 aliphatic heterocycles. The van der Waals surface area contributed by atoms with Crippen molar-refractivity contribution < 1.29 is 0 Å². The third-order valence-corrected chi connectivity index (χ3v) is 4.73. The average Bonchev–Trinajstić information content (AvgIpc) is 3.27. The van der Waals surface area contributed by atoms with Crippen LogP contribution in [0.2, 0.25) is 5.15 Å². The predicted molar refractivity (Wildman–Crippen MR) is 99.3 cm³/mol. The first-order valence-electron chi connectivity index (χ1n) is 7.55. The first-order valence-corrected chi connectivity index (χ1v) is 8.87. The summed E-state index contributed by atoms with van der Waals surface area (Å²) in [5.74, 6) is 0. The number of hydrogen-bond acceptors (Lipinski definition) is 3. The number of hydrogen-bond donors (Lipinski definition) is 0. The van der Waals surface area contributed by atoms with E-state index in [0.717, 1.165) is 22.5 Å². The molecular formula is C19H14ClN3S. The van der Waals surface area contributed by atoms with Gasteiger partial charge in [0.15, 0.2) is 0 Å². The van der Waals surface area contributed by atoms with Crippen LogP contribution in [-0.2, 0) is 6.54 Å². The van der Waals surface area contributed by atoms with Crippen LogP contribution in [-0.4, -0.2) is 14.5 Å². The summed E-state index contributed by atoms with van der Waals surface area (Å²) < 4.78 is 2.16. The van der Waals surface area contributed by atoms with E-state index in [1.54, 1.807) is 11.3 Å². The minimum Gasteiger partial charge on any atom is -0.325 e. The van der Waals surface area contributed by atoms with Gasteiger partial charge in [0.2, 0.25) is 0 Å². The van der Waals surface area contributed by atoms with Crippen LogP contribution in [0.3, 0.4) is 0 Å². The minimum absolute atomic E-state index is 0.507. The normalized spacial score (nSPS) is 10.9.